The van der Waals surface area contributed by atoms with E-state index < -0.39 is 0 Å². The van der Waals surface area contributed by atoms with Gasteiger partial charge in [0.2, 0.25) is 0 Å². The summed E-state index contributed by atoms with van der Waals surface area (Å²) in [5.41, 5.74) is 5.25. The first-order chi connectivity index (χ1) is 12.2. The number of hydrogen-bond donors (Lipinski definition) is 0. The number of aryl methyl sites for hydroxylation is 1. The lowest BCUT2D eigenvalue weighted by atomic mass is 10.0. The van der Waals surface area contributed by atoms with E-state index in [1.54, 1.807) is 18.3 Å². The van der Waals surface area contributed by atoms with Crippen LogP contribution in [0.5, 0.6) is 0 Å². The zero-order valence-corrected chi connectivity index (χ0v) is 14.3. The van der Waals surface area contributed by atoms with Crippen molar-refractivity contribution < 1.29 is 4.39 Å². The van der Waals surface area contributed by atoms with Gasteiger partial charge < -0.3 is 0 Å². The molecule has 4 rings (SSSR count). The lowest BCUT2D eigenvalue weighted by Gasteiger charge is -2.07. The molecule has 2 aromatic heterocycles. The molecule has 0 radical (unpaired) electrons. The van der Waals surface area contributed by atoms with Gasteiger partial charge in [-0.15, -0.1) is 0 Å². The second kappa shape index (κ2) is 6.30. The molecule has 0 fully saturated rings. The maximum Gasteiger partial charge on any atom is 0.163 e. The molecule has 0 unspecified atom stereocenters. The molecule has 0 bridgehead atoms. The number of hydrogen-bond acceptors (Lipinski definition) is 2. The molecule has 5 heteroatoms. The van der Waals surface area contributed by atoms with E-state index in [4.69, 9.17) is 16.7 Å². The predicted molar refractivity (Wildman–Crippen MR) is 98.2 cm³/mol. The molecule has 2 heterocycles. The molecule has 0 N–H and O–H groups in total. The second-order valence-electron chi connectivity index (χ2n) is 5.73. The van der Waals surface area contributed by atoms with E-state index in [-0.39, 0.29) is 5.82 Å². The Morgan fingerprint density at radius 1 is 1.04 bits per heavy atom. The zero-order valence-electron chi connectivity index (χ0n) is 13.6. The van der Waals surface area contributed by atoms with Crippen LogP contribution < -0.4 is 0 Å². The quantitative estimate of drug-likeness (QED) is 0.493. The molecular weight excluding hydrogens is 337 g/mol. The minimum absolute atomic E-state index is 0.261. The van der Waals surface area contributed by atoms with E-state index in [0.717, 1.165) is 40.1 Å². The van der Waals surface area contributed by atoms with Crippen molar-refractivity contribution in [3.63, 3.8) is 0 Å². The van der Waals surface area contributed by atoms with Crippen LogP contribution in [0.1, 0.15) is 12.6 Å². The van der Waals surface area contributed by atoms with Crippen molar-refractivity contribution in [1.29, 1.82) is 0 Å². The molecule has 0 amide bonds. The Kier molecular flexibility index (Phi) is 3.98. The molecule has 3 nitrogen and oxygen atoms in total. The molecule has 0 aliphatic carbocycles. The fourth-order valence-corrected chi connectivity index (χ4v) is 3.25. The van der Waals surface area contributed by atoms with E-state index in [0.29, 0.717) is 5.02 Å². The topological polar surface area (TPSA) is 30.2 Å². The summed E-state index contributed by atoms with van der Waals surface area (Å²) in [6, 6.07) is 16.0. The third-order valence-corrected chi connectivity index (χ3v) is 4.54. The molecule has 25 heavy (non-hydrogen) atoms. The first kappa shape index (κ1) is 15.8. The first-order valence-electron chi connectivity index (χ1n) is 8.06. The van der Waals surface area contributed by atoms with Crippen LogP contribution in [0.2, 0.25) is 5.02 Å². The van der Waals surface area contributed by atoms with Crippen molar-refractivity contribution in [1.82, 2.24) is 14.6 Å². The van der Waals surface area contributed by atoms with E-state index in [9.17, 15) is 4.39 Å². The summed E-state index contributed by atoms with van der Waals surface area (Å²) < 4.78 is 15.1. The molecule has 0 saturated heterocycles. The van der Waals surface area contributed by atoms with Crippen LogP contribution >= 0.6 is 11.6 Å². The maximum atomic E-state index is 13.3. The van der Waals surface area contributed by atoms with Gasteiger partial charge in [-0.3, -0.25) is 0 Å². The Morgan fingerprint density at radius 2 is 1.80 bits per heavy atom. The SMILES string of the molecule is CCc1nn2c(-c3ccccc3Cl)ccnc2c1-c1ccc(F)cc1. The molecule has 0 aliphatic heterocycles. The van der Waals surface area contributed by atoms with Gasteiger partial charge in [-0.25, -0.2) is 13.9 Å². The van der Waals surface area contributed by atoms with Crippen LogP contribution in [0.15, 0.2) is 60.8 Å². The average Bonchev–Trinajstić information content (AvgIpc) is 3.02. The summed E-state index contributed by atoms with van der Waals surface area (Å²) in [5, 5.41) is 5.41. The van der Waals surface area contributed by atoms with Gasteiger partial charge in [0, 0.05) is 22.3 Å². The predicted octanol–water partition coefficient (Wildman–Crippen LogP) is 5.42. The van der Waals surface area contributed by atoms with Crippen LogP contribution in [0.3, 0.4) is 0 Å². The molecule has 2 aromatic carbocycles. The van der Waals surface area contributed by atoms with Gasteiger partial charge in [0.05, 0.1) is 11.4 Å². The molecule has 124 valence electrons. The molecule has 0 atom stereocenters. The Bertz CT molecular complexity index is 1050. The highest BCUT2D eigenvalue weighted by Crippen LogP contribution is 2.32. The van der Waals surface area contributed by atoms with Crippen LogP contribution in [0.4, 0.5) is 4.39 Å². The van der Waals surface area contributed by atoms with E-state index in [1.165, 1.54) is 12.1 Å². The van der Waals surface area contributed by atoms with E-state index in [2.05, 4.69) is 4.98 Å². The largest absolute Gasteiger partial charge is 0.236 e. The molecule has 0 aliphatic rings. The smallest absolute Gasteiger partial charge is 0.163 e. The van der Waals surface area contributed by atoms with Crippen molar-refractivity contribution in [2.75, 3.05) is 0 Å². The third-order valence-electron chi connectivity index (χ3n) is 4.21. The minimum atomic E-state index is -0.261. The second-order valence-corrected chi connectivity index (χ2v) is 6.13. The van der Waals surface area contributed by atoms with Gasteiger partial charge in [0.25, 0.3) is 0 Å². The number of rotatable bonds is 3. The lowest BCUT2D eigenvalue weighted by Crippen LogP contribution is -1.96. The van der Waals surface area contributed by atoms with Gasteiger partial charge in [-0.2, -0.15) is 5.10 Å². The van der Waals surface area contributed by atoms with Gasteiger partial charge in [0.15, 0.2) is 5.65 Å². The number of nitrogens with zero attached hydrogens (tertiary/aromatic N) is 3. The number of aromatic nitrogens is 3. The fourth-order valence-electron chi connectivity index (χ4n) is 3.02. The normalized spacial score (nSPS) is 11.2. The third kappa shape index (κ3) is 2.68. The Morgan fingerprint density at radius 3 is 2.52 bits per heavy atom. The molecular formula is C20H15ClFN3. The van der Waals surface area contributed by atoms with E-state index in [1.807, 2.05) is 41.8 Å². The molecule has 0 saturated carbocycles. The first-order valence-corrected chi connectivity index (χ1v) is 8.44. The standard InChI is InChI=1S/C20H15ClFN3/c1-2-17-19(13-7-9-14(22)10-8-13)20-23-12-11-18(25(20)24-17)15-5-3-4-6-16(15)21/h3-12H,2H2,1H3. The highest BCUT2D eigenvalue weighted by Gasteiger charge is 2.18. The zero-order chi connectivity index (χ0) is 17.4. The van der Waals surface area contributed by atoms with E-state index >= 15 is 0 Å². The van der Waals surface area contributed by atoms with Crippen molar-refractivity contribution in [2.45, 2.75) is 13.3 Å². The number of benzene rings is 2. The number of fused-ring (bicyclic) bond motifs is 1. The van der Waals surface area contributed by atoms with Crippen molar-refractivity contribution >= 4 is 17.2 Å². The highest BCUT2D eigenvalue weighted by molar-refractivity contribution is 6.33. The fraction of sp³-hybridized carbons (Fsp3) is 0.100. The monoisotopic (exact) mass is 351 g/mol. The van der Waals surface area contributed by atoms with Gasteiger partial charge in [-0.05, 0) is 36.2 Å². The van der Waals surface area contributed by atoms with Gasteiger partial charge >= 0.3 is 0 Å². The van der Waals surface area contributed by atoms with Crippen molar-refractivity contribution in [2.24, 2.45) is 0 Å². The van der Waals surface area contributed by atoms with Gasteiger partial charge in [0.1, 0.15) is 5.82 Å². The van der Waals surface area contributed by atoms with Crippen molar-refractivity contribution in [3.05, 3.63) is 77.3 Å². The lowest BCUT2D eigenvalue weighted by molar-refractivity contribution is 0.628. The Labute approximate surface area is 149 Å². The Hall–Kier alpha value is -2.72. The van der Waals surface area contributed by atoms with Crippen molar-refractivity contribution in [3.8, 4) is 22.4 Å². The summed E-state index contributed by atoms with van der Waals surface area (Å²) >= 11 is 6.37. The van der Waals surface area contributed by atoms with Crippen LogP contribution in [0.25, 0.3) is 28.0 Å². The van der Waals surface area contributed by atoms with Crippen LogP contribution in [-0.2, 0) is 6.42 Å². The summed E-state index contributed by atoms with van der Waals surface area (Å²) in [4.78, 5) is 4.53. The summed E-state index contributed by atoms with van der Waals surface area (Å²) in [6.45, 7) is 2.05. The molecule has 0 spiro atoms. The van der Waals surface area contributed by atoms with Crippen LogP contribution in [0, 0.1) is 5.82 Å². The average molecular weight is 352 g/mol. The molecule has 4 aromatic rings. The Balaban J connectivity index is 2.01. The summed E-state index contributed by atoms with van der Waals surface area (Å²) in [5.74, 6) is -0.261. The van der Waals surface area contributed by atoms with Gasteiger partial charge in [-0.1, -0.05) is 48.9 Å². The summed E-state index contributed by atoms with van der Waals surface area (Å²) in [7, 11) is 0. The maximum absolute atomic E-state index is 13.3. The van der Waals surface area contributed by atoms with Crippen LogP contribution in [-0.4, -0.2) is 14.6 Å². The number of halogens is 2. The highest BCUT2D eigenvalue weighted by atomic mass is 35.5. The summed E-state index contributed by atoms with van der Waals surface area (Å²) in [6.07, 6.45) is 2.50. The minimum Gasteiger partial charge on any atom is -0.236 e.